The molecule has 9 heteroatoms. The van der Waals surface area contributed by atoms with E-state index in [9.17, 15) is 9.59 Å². The highest BCUT2D eigenvalue weighted by Gasteiger charge is 2.47. The van der Waals surface area contributed by atoms with E-state index in [1.54, 1.807) is 4.90 Å². The summed E-state index contributed by atoms with van der Waals surface area (Å²) in [7, 11) is 2.36. The molecule has 0 aromatic heterocycles. The lowest BCUT2D eigenvalue weighted by molar-refractivity contribution is -0.141. The van der Waals surface area contributed by atoms with Crippen molar-refractivity contribution >= 4 is 21.3 Å². The lowest BCUT2D eigenvalue weighted by Gasteiger charge is -2.28. The van der Waals surface area contributed by atoms with Gasteiger partial charge in [0, 0.05) is 13.1 Å². The molecule has 2 saturated heterocycles. The lowest BCUT2D eigenvalue weighted by atomic mass is 10.0. The first-order chi connectivity index (χ1) is 12.2. The zero-order valence-corrected chi connectivity index (χ0v) is 15.0. The first kappa shape index (κ1) is 18.1. The fraction of sp³-hybridized carbons (Fsp3) is 0.500. The molecule has 1 aromatic carbocycles. The minimum atomic E-state index is -0.516. The molecule has 2 bridgehead atoms. The van der Waals surface area contributed by atoms with E-state index in [4.69, 9.17) is 9.68 Å². The summed E-state index contributed by atoms with van der Waals surface area (Å²) in [5.74, 6) is -0.291. The Hall–Kier alpha value is -1.73. The molecule has 3 amide bonds. The SMILES string of the molecule is O=C(NOCCNP)C1CCC2CN1C(=O)N2OCc1ccccc1. The smallest absolute Gasteiger partial charge is 0.309 e. The molecule has 2 heterocycles. The summed E-state index contributed by atoms with van der Waals surface area (Å²) in [4.78, 5) is 37.2. The minimum Gasteiger partial charge on any atom is -0.309 e. The zero-order valence-electron chi connectivity index (χ0n) is 13.9. The van der Waals surface area contributed by atoms with Gasteiger partial charge in [0.1, 0.15) is 12.6 Å². The van der Waals surface area contributed by atoms with Crippen molar-refractivity contribution in [1.29, 1.82) is 0 Å². The Kier molecular flexibility index (Phi) is 6.20. The van der Waals surface area contributed by atoms with Crippen LogP contribution in [0.15, 0.2) is 30.3 Å². The van der Waals surface area contributed by atoms with Gasteiger partial charge in [-0.2, -0.15) is 5.06 Å². The van der Waals surface area contributed by atoms with Crippen LogP contribution >= 0.6 is 9.39 Å². The van der Waals surface area contributed by atoms with Gasteiger partial charge in [-0.05, 0) is 18.4 Å². The topological polar surface area (TPSA) is 83.1 Å². The number of nitrogens with zero attached hydrogens (tertiary/aromatic N) is 2. The van der Waals surface area contributed by atoms with Gasteiger partial charge < -0.3 is 4.90 Å². The summed E-state index contributed by atoms with van der Waals surface area (Å²) in [5.41, 5.74) is 3.42. The van der Waals surface area contributed by atoms with Gasteiger partial charge >= 0.3 is 6.03 Å². The van der Waals surface area contributed by atoms with Gasteiger partial charge in [-0.1, -0.05) is 39.7 Å². The largest absolute Gasteiger partial charge is 0.345 e. The third kappa shape index (κ3) is 4.27. The molecular formula is C16H23N4O4P. The highest BCUT2D eigenvalue weighted by Crippen LogP contribution is 2.30. The molecule has 2 aliphatic heterocycles. The van der Waals surface area contributed by atoms with Crippen LogP contribution in [0.1, 0.15) is 18.4 Å². The molecule has 3 unspecified atom stereocenters. The normalized spacial score (nSPS) is 22.4. The number of hydrogen-bond acceptors (Lipinski definition) is 5. The van der Waals surface area contributed by atoms with Crippen molar-refractivity contribution in [3.05, 3.63) is 35.9 Å². The standard InChI is InChI=1S/C16H23N4O4P/c21-15(18-23-9-8-17-25)14-7-6-13-10-19(14)16(22)20(13)24-11-12-4-2-1-3-5-12/h1-5,13-14,17H,6-11,25H2,(H,18,21). The molecule has 0 spiro atoms. The fourth-order valence-electron chi connectivity index (χ4n) is 3.09. The van der Waals surface area contributed by atoms with E-state index in [2.05, 4.69) is 20.0 Å². The quantitative estimate of drug-likeness (QED) is 0.404. The van der Waals surface area contributed by atoms with Crippen molar-refractivity contribution in [2.45, 2.75) is 31.5 Å². The Morgan fingerprint density at radius 2 is 2.08 bits per heavy atom. The number of fused-ring (bicyclic) bond motifs is 2. The first-order valence-electron chi connectivity index (χ1n) is 8.32. The molecular weight excluding hydrogens is 343 g/mol. The number of carbonyl (C=O) groups is 2. The second-order valence-corrected chi connectivity index (χ2v) is 6.44. The van der Waals surface area contributed by atoms with Crippen molar-refractivity contribution in [1.82, 2.24) is 20.5 Å². The van der Waals surface area contributed by atoms with Gasteiger partial charge in [0.05, 0.1) is 12.6 Å². The number of nitrogens with one attached hydrogen (secondary N) is 2. The van der Waals surface area contributed by atoms with Crippen LogP contribution in [0.5, 0.6) is 0 Å². The number of rotatable bonds is 8. The maximum Gasteiger partial charge on any atom is 0.345 e. The Bertz CT molecular complexity index is 603. The maximum atomic E-state index is 12.6. The van der Waals surface area contributed by atoms with E-state index in [1.165, 1.54) is 5.06 Å². The van der Waals surface area contributed by atoms with Crippen molar-refractivity contribution in [3.63, 3.8) is 0 Å². The molecule has 0 radical (unpaired) electrons. The lowest BCUT2D eigenvalue weighted by Crippen LogP contribution is -2.49. The number of piperidine rings is 1. The van der Waals surface area contributed by atoms with Gasteiger partial charge in [0.25, 0.3) is 5.91 Å². The molecule has 136 valence electrons. The minimum absolute atomic E-state index is 0.0116. The third-order valence-corrected chi connectivity index (χ3v) is 4.65. The molecule has 2 aliphatic rings. The third-order valence-electron chi connectivity index (χ3n) is 4.36. The van der Waals surface area contributed by atoms with Gasteiger partial charge in [-0.25, -0.2) is 10.3 Å². The highest BCUT2D eigenvalue weighted by atomic mass is 31.0. The number of hydroxylamine groups is 3. The van der Waals surface area contributed by atoms with Crippen LogP contribution in [0.4, 0.5) is 4.79 Å². The summed E-state index contributed by atoms with van der Waals surface area (Å²) in [6.45, 7) is 1.78. The average molecular weight is 366 g/mol. The van der Waals surface area contributed by atoms with E-state index in [-0.39, 0.29) is 18.0 Å². The summed E-state index contributed by atoms with van der Waals surface area (Å²) in [6, 6.07) is 8.91. The summed E-state index contributed by atoms with van der Waals surface area (Å²) in [5, 5.41) is 4.26. The van der Waals surface area contributed by atoms with Gasteiger partial charge in [-0.15, -0.1) is 0 Å². The Balaban J connectivity index is 1.54. The number of hydrogen-bond donors (Lipinski definition) is 2. The number of amides is 3. The number of carbonyl (C=O) groups excluding carboxylic acids is 2. The molecule has 1 aromatic rings. The molecule has 2 N–H and O–H groups in total. The van der Waals surface area contributed by atoms with E-state index >= 15 is 0 Å². The van der Waals surface area contributed by atoms with Crippen molar-refractivity contribution in [2.24, 2.45) is 0 Å². The predicted molar refractivity (Wildman–Crippen MR) is 93.8 cm³/mol. The highest BCUT2D eigenvalue weighted by molar-refractivity contribution is 7.13. The van der Waals surface area contributed by atoms with Crippen LogP contribution in [0.2, 0.25) is 0 Å². The van der Waals surface area contributed by atoms with E-state index in [0.717, 1.165) is 12.0 Å². The van der Waals surface area contributed by atoms with E-state index in [1.807, 2.05) is 30.3 Å². The van der Waals surface area contributed by atoms with E-state index < -0.39 is 6.04 Å². The summed E-state index contributed by atoms with van der Waals surface area (Å²) in [6.07, 6.45) is 1.32. The molecule has 0 saturated carbocycles. The molecule has 3 rings (SSSR count). The van der Waals surface area contributed by atoms with Crippen LogP contribution in [0.25, 0.3) is 0 Å². The summed E-state index contributed by atoms with van der Waals surface area (Å²) >= 11 is 0. The van der Waals surface area contributed by atoms with Crippen LogP contribution in [0.3, 0.4) is 0 Å². The monoisotopic (exact) mass is 366 g/mol. The van der Waals surface area contributed by atoms with Gasteiger partial charge in [0.15, 0.2) is 0 Å². The average Bonchev–Trinajstić information content (AvgIpc) is 2.88. The predicted octanol–water partition coefficient (Wildman–Crippen LogP) is 0.814. The van der Waals surface area contributed by atoms with Gasteiger partial charge in [-0.3, -0.25) is 19.6 Å². The van der Waals surface area contributed by atoms with Crippen LogP contribution < -0.4 is 10.6 Å². The maximum absolute atomic E-state index is 12.6. The Labute approximate surface area is 149 Å². The Morgan fingerprint density at radius 3 is 2.84 bits per heavy atom. The Morgan fingerprint density at radius 1 is 1.28 bits per heavy atom. The van der Waals surface area contributed by atoms with Crippen molar-refractivity contribution < 1.29 is 19.3 Å². The van der Waals surface area contributed by atoms with Crippen LogP contribution in [-0.4, -0.2) is 53.7 Å². The first-order valence-corrected chi connectivity index (χ1v) is 8.90. The molecule has 2 fully saturated rings. The molecule has 25 heavy (non-hydrogen) atoms. The van der Waals surface area contributed by atoms with E-state index in [0.29, 0.717) is 32.7 Å². The van der Waals surface area contributed by atoms with Crippen molar-refractivity contribution in [2.75, 3.05) is 19.7 Å². The van der Waals surface area contributed by atoms with Gasteiger partial charge in [0.2, 0.25) is 0 Å². The fourth-order valence-corrected chi connectivity index (χ4v) is 3.21. The number of benzene rings is 1. The van der Waals surface area contributed by atoms with Crippen LogP contribution in [-0.2, 0) is 21.1 Å². The second-order valence-electron chi connectivity index (χ2n) is 6.04. The second kappa shape index (κ2) is 8.58. The van der Waals surface area contributed by atoms with Crippen molar-refractivity contribution in [3.8, 4) is 0 Å². The molecule has 3 atom stereocenters. The zero-order chi connectivity index (χ0) is 17.6. The summed E-state index contributed by atoms with van der Waals surface area (Å²) < 4.78 is 0. The molecule has 0 aliphatic carbocycles. The molecule has 8 nitrogen and oxygen atoms in total. The number of urea groups is 1. The van der Waals surface area contributed by atoms with Crippen LogP contribution in [0, 0.1) is 0 Å².